The quantitative estimate of drug-likeness (QED) is 0.0986. The van der Waals surface area contributed by atoms with E-state index in [1.54, 1.807) is 0 Å². The van der Waals surface area contributed by atoms with E-state index in [0.29, 0.717) is 13.2 Å². The standard InChI is InChI=1S/C27H52O3/c1-4-5-6-7-8-9-10-11-12-13-14-15-18-21-24-29-27(28)30-25-22-19-16-17-20-23-26(2)3/h9-10,26H,4-8,11-25H2,1-3H3/b10-9-. The Bertz CT molecular complexity index is 376. The lowest BCUT2D eigenvalue weighted by molar-refractivity contribution is 0.0529. The number of hydrogen-bond donors (Lipinski definition) is 0. The lowest BCUT2D eigenvalue weighted by atomic mass is 10.0. The van der Waals surface area contributed by atoms with E-state index in [4.69, 9.17) is 9.47 Å². The molecule has 0 bridgehead atoms. The Hall–Kier alpha value is -0.990. The number of hydrogen-bond acceptors (Lipinski definition) is 3. The molecular formula is C27H52O3. The molecule has 0 N–H and O–H groups in total. The first-order valence-electron chi connectivity index (χ1n) is 13.1. The molecule has 0 heterocycles. The van der Waals surface area contributed by atoms with E-state index in [2.05, 4.69) is 32.9 Å². The molecule has 0 saturated heterocycles. The van der Waals surface area contributed by atoms with Crippen LogP contribution in [0, 0.1) is 5.92 Å². The highest BCUT2D eigenvalue weighted by atomic mass is 16.7. The third-order valence-corrected chi connectivity index (χ3v) is 5.52. The van der Waals surface area contributed by atoms with Gasteiger partial charge in [-0.25, -0.2) is 4.79 Å². The first-order chi connectivity index (χ1) is 14.7. The van der Waals surface area contributed by atoms with Crippen LogP contribution in [0.5, 0.6) is 0 Å². The zero-order valence-electron chi connectivity index (χ0n) is 20.6. The van der Waals surface area contributed by atoms with Gasteiger partial charge in [0, 0.05) is 0 Å². The number of ether oxygens (including phenoxy) is 2. The summed E-state index contributed by atoms with van der Waals surface area (Å²) >= 11 is 0. The molecule has 3 heteroatoms. The van der Waals surface area contributed by atoms with Crippen LogP contribution in [-0.2, 0) is 9.47 Å². The van der Waals surface area contributed by atoms with Gasteiger partial charge in [-0.1, -0.05) is 110 Å². The van der Waals surface area contributed by atoms with Gasteiger partial charge in [0.1, 0.15) is 0 Å². The normalized spacial score (nSPS) is 11.5. The highest BCUT2D eigenvalue weighted by molar-refractivity contribution is 5.59. The van der Waals surface area contributed by atoms with E-state index in [0.717, 1.165) is 31.6 Å². The molecule has 0 aromatic rings. The molecule has 0 aliphatic carbocycles. The van der Waals surface area contributed by atoms with Crippen LogP contribution in [0.15, 0.2) is 12.2 Å². The lowest BCUT2D eigenvalue weighted by Gasteiger charge is -2.07. The van der Waals surface area contributed by atoms with Gasteiger partial charge in [0.05, 0.1) is 13.2 Å². The Morgan fingerprint density at radius 1 is 0.633 bits per heavy atom. The molecule has 0 aromatic carbocycles. The van der Waals surface area contributed by atoms with E-state index in [9.17, 15) is 4.79 Å². The Morgan fingerprint density at radius 3 is 1.57 bits per heavy atom. The Labute approximate surface area is 188 Å². The molecule has 30 heavy (non-hydrogen) atoms. The monoisotopic (exact) mass is 424 g/mol. The molecule has 0 atom stereocenters. The molecular weight excluding hydrogens is 372 g/mol. The highest BCUT2D eigenvalue weighted by Gasteiger charge is 2.03. The van der Waals surface area contributed by atoms with Crippen LogP contribution in [0.4, 0.5) is 4.79 Å². The maximum absolute atomic E-state index is 11.5. The summed E-state index contributed by atoms with van der Waals surface area (Å²) in [6.45, 7) is 7.80. The summed E-state index contributed by atoms with van der Waals surface area (Å²) in [6.07, 6.45) is 26.6. The molecule has 0 radical (unpaired) electrons. The van der Waals surface area contributed by atoms with Crippen molar-refractivity contribution in [2.75, 3.05) is 13.2 Å². The molecule has 0 saturated carbocycles. The number of carbonyl (C=O) groups excluding carboxylic acids is 1. The van der Waals surface area contributed by atoms with Gasteiger partial charge >= 0.3 is 6.16 Å². The van der Waals surface area contributed by atoms with Gasteiger partial charge in [-0.05, 0) is 44.4 Å². The Balaban J connectivity index is 3.20. The fourth-order valence-electron chi connectivity index (χ4n) is 3.53. The summed E-state index contributed by atoms with van der Waals surface area (Å²) < 4.78 is 10.3. The van der Waals surface area contributed by atoms with E-state index in [1.165, 1.54) is 89.9 Å². The van der Waals surface area contributed by atoms with Crippen molar-refractivity contribution in [1.29, 1.82) is 0 Å². The van der Waals surface area contributed by atoms with Gasteiger partial charge in [0.15, 0.2) is 0 Å². The lowest BCUT2D eigenvalue weighted by Crippen LogP contribution is -2.09. The predicted molar refractivity (Wildman–Crippen MR) is 130 cm³/mol. The SMILES string of the molecule is CCCCCC/C=C\CCCCCCCCOC(=O)OCCCCCCCC(C)C. The highest BCUT2D eigenvalue weighted by Crippen LogP contribution is 2.11. The van der Waals surface area contributed by atoms with Crippen molar-refractivity contribution in [2.24, 2.45) is 5.92 Å². The van der Waals surface area contributed by atoms with Crippen molar-refractivity contribution < 1.29 is 14.3 Å². The molecule has 0 aliphatic rings. The second-order valence-electron chi connectivity index (χ2n) is 9.13. The maximum Gasteiger partial charge on any atom is 0.508 e. The second kappa shape index (κ2) is 24.3. The number of carbonyl (C=O) groups is 1. The first kappa shape index (κ1) is 29.0. The van der Waals surface area contributed by atoms with Gasteiger partial charge in [0.2, 0.25) is 0 Å². The van der Waals surface area contributed by atoms with Crippen molar-refractivity contribution in [3.8, 4) is 0 Å². The van der Waals surface area contributed by atoms with E-state index < -0.39 is 6.16 Å². The number of rotatable bonds is 22. The van der Waals surface area contributed by atoms with Crippen LogP contribution in [0.3, 0.4) is 0 Å². The van der Waals surface area contributed by atoms with E-state index in [1.807, 2.05) is 0 Å². The minimum Gasteiger partial charge on any atom is -0.434 e. The van der Waals surface area contributed by atoms with Gasteiger partial charge in [-0.2, -0.15) is 0 Å². The topological polar surface area (TPSA) is 35.5 Å². The van der Waals surface area contributed by atoms with Crippen molar-refractivity contribution in [1.82, 2.24) is 0 Å². The summed E-state index contributed by atoms with van der Waals surface area (Å²) in [6, 6.07) is 0. The van der Waals surface area contributed by atoms with Gasteiger partial charge in [-0.3, -0.25) is 0 Å². The molecule has 3 nitrogen and oxygen atoms in total. The molecule has 0 aromatic heterocycles. The summed E-state index contributed by atoms with van der Waals surface area (Å²) in [7, 11) is 0. The van der Waals surface area contributed by atoms with Crippen LogP contribution in [0.1, 0.15) is 136 Å². The van der Waals surface area contributed by atoms with Gasteiger partial charge < -0.3 is 9.47 Å². The predicted octanol–water partition coefficient (Wildman–Crippen LogP) is 9.39. The molecule has 0 amide bonds. The maximum atomic E-state index is 11.5. The van der Waals surface area contributed by atoms with Crippen LogP contribution < -0.4 is 0 Å². The summed E-state index contributed by atoms with van der Waals surface area (Å²) in [5, 5.41) is 0. The zero-order chi connectivity index (χ0) is 22.1. The summed E-state index contributed by atoms with van der Waals surface area (Å²) in [4.78, 5) is 11.5. The fraction of sp³-hybridized carbons (Fsp3) is 0.889. The van der Waals surface area contributed by atoms with Crippen molar-refractivity contribution in [2.45, 2.75) is 136 Å². The fourth-order valence-corrected chi connectivity index (χ4v) is 3.53. The van der Waals surface area contributed by atoms with Crippen LogP contribution in [0.2, 0.25) is 0 Å². The second-order valence-corrected chi connectivity index (χ2v) is 9.13. The van der Waals surface area contributed by atoms with E-state index >= 15 is 0 Å². The molecule has 0 unspecified atom stereocenters. The molecule has 0 fully saturated rings. The Kier molecular flexibility index (Phi) is 23.5. The van der Waals surface area contributed by atoms with Crippen molar-refractivity contribution in [3.63, 3.8) is 0 Å². The summed E-state index contributed by atoms with van der Waals surface area (Å²) in [5.74, 6) is 0.806. The third-order valence-electron chi connectivity index (χ3n) is 5.52. The molecule has 0 rings (SSSR count). The number of allylic oxidation sites excluding steroid dienone is 2. The van der Waals surface area contributed by atoms with Crippen molar-refractivity contribution in [3.05, 3.63) is 12.2 Å². The third kappa shape index (κ3) is 25.0. The smallest absolute Gasteiger partial charge is 0.434 e. The minimum atomic E-state index is -0.490. The van der Waals surface area contributed by atoms with Gasteiger partial charge in [0.25, 0.3) is 0 Å². The largest absolute Gasteiger partial charge is 0.508 e. The van der Waals surface area contributed by atoms with Crippen molar-refractivity contribution >= 4 is 6.16 Å². The Morgan fingerprint density at radius 2 is 1.07 bits per heavy atom. The van der Waals surface area contributed by atoms with Crippen LogP contribution in [-0.4, -0.2) is 19.4 Å². The average molecular weight is 425 g/mol. The van der Waals surface area contributed by atoms with Gasteiger partial charge in [-0.15, -0.1) is 0 Å². The van der Waals surface area contributed by atoms with Crippen LogP contribution in [0.25, 0.3) is 0 Å². The molecule has 0 aliphatic heterocycles. The van der Waals surface area contributed by atoms with Crippen LogP contribution >= 0.6 is 0 Å². The molecule has 178 valence electrons. The van der Waals surface area contributed by atoms with E-state index in [-0.39, 0.29) is 0 Å². The zero-order valence-corrected chi connectivity index (χ0v) is 20.6. The molecule has 0 spiro atoms. The minimum absolute atomic E-state index is 0.490. The number of unbranched alkanes of at least 4 members (excludes halogenated alkanes) is 14. The summed E-state index contributed by atoms with van der Waals surface area (Å²) in [5.41, 5.74) is 0. The average Bonchev–Trinajstić information content (AvgIpc) is 2.72. The first-order valence-corrected chi connectivity index (χ1v) is 13.1.